The zero-order valence-corrected chi connectivity index (χ0v) is 44.1. The summed E-state index contributed by atoms with van der Waals surface area (Å²) in [5.41, 5.74) is 0. The molecule has 3 unspecified atom stereocenters. The molecule has 9 nitrogen and oxygen atoms in total. The van der Waals surface area contributed by atoms with E-state index in [4.69, 9.17) is 13.8 Å². The largest absolute Gasteiger partial charge is 0.472 e. The number of hydrogen-bond acceptors (Lipinski definition) is 6. The number of quaternary nitrogens is 1. The maximum atomic E-state index is 13.4. The van der Waals surface area contributed by atoms with Gasteiger partial charge in [-0.3, -0.25) is 18.6 Å². The minimum absolute atomic E-state index is 0.0288. The second-order valence-corrected chi connectivity index (χ2v) is 20.8. The van der Waals surface area contributed by atoms with E-state index in [2.05, 4.69) is 56.5 Å². The topological polar surface area (TPSA) is 111 Å². The van der Waals surface area contributed by atoms with E-state index in [9.17, 15) is 19.0 Å². The maximum Gasteiger partial charge on any atom is 0.472 e. The third-order valence-corrected chi connectivity index (χ3v) is 12.7. The van der Waals surface area contributed by atoms with Crippen LogP contribution >= 0.6 is 7.82 Å². The van der Waals surface area contributed by atoms with Crippen LogP contribution in [0.1, 0.15) is 239 Å². The first kappa shape index (κ1) is 63.0. The van der Waals surface area contributed by atoms with Gasteiger partial charge in [0.15, 0.2) is 0 Å². The molecule has 2 N–H and O–H groups in total. The molecule has 0 saturated heterocycles. The standard InChI is InChI=1S/C55H103N2O7P/c1-7-10-13-16-19-22-25-28-30-33-36-39-42-45-48-55(59)64-53(46-43-40-37-34-31-27-24-21-18-15-12-9-3)52(51-63-65(60,61)62-50-49-57(4,5)6)56-54(58)47-44-41-38-35-32-29-26-23-20-17-14-11-8-2/h29-30,32-33,38,41,43,46,52-53H,7-28,31,34-37,39-40,42,44-45,47-51H2,1-6H3,(H-,56,58,60,61)/p+1/b32-29-,33-30-,41-38+,46-43+. The summed E-state index contributed by atoms with van der Waals surface area (Å²) in [6.07, 6.45) is 54.1. The lowest BCUT2D eigenvalue weighted by atomic mass is 10.1. The summed E-state index contributed by atoms with van der Waals surface area (Å²) < 4.78 is 30.5. The van der Waals surface area contributed by atoms with Crippen LogP contribution in [0, 0.1) is 0 Å². The molecule has 0 aliphatic carbocycles. The van der Waals surface area contributed by atoms with Crippen molar-refractivity contribution in [1.29, 1.82) is 0 Å². The summed E-state index contributed by atoms with van der Waals surface area (Å²) in [5.74, 6) is -0.601. The lowest BCUT2D eigenvalue weighted by Crippen LogP contribution is -2.47. The SMILES string of the molecule is CCCCCCCC/C=C\C/C=C/CCC(=O)NC(COP(=O)(O)OCC[N+](C)(C)C)C(/C=C/CCCCCCCCCCCC)OC(=O)CCCCC/C=C\CCCCCCCCC. The van der Waals surface area contributed by atoms with E-state index in [0.717, 1.165) is 57.8 Å². The van der Waals surface area contributed by atoms with Crippen LogP contribution in [0.25, 0.3) is 0 Å². The average Bonchev–Trinajstić information content (AvgIpc) is 3.26. The smallest absolute Gasteiger partial charge is 0.456 e. The second-order valence-electron chi connectivity index (χ2n) is 19.4. The molecule has 1 amide bonds. The summed E-state index contributed by atoms with van der Waals surface area (Å²) in [4.78, 5) is 37.4. The van der Waals surface area contributed by atoms with Gasteiger partial charge in [-0.15, -0.1) is 0 Å². The summed E-state index contributed by atoms with van der Waals surface area (Å²) in [5, 5.41) is 2.99. The normalized spacial score (nSPS) is 14.3. The molecule has 0 aromatic carbocycles. The number of unbranched alkanes of at least 4 members (excludes halogenated alkanes) is 26. The molecule has 10 heteroatoms. The molecule has 0 bridgehead atoms. The number of nitrogens with one attached hydrogen (secondary N) is 1. The van der Waals surface area contributed by atoms with Crippen LogP contribution in [-0.4, -0.2) is 74.3 Å². The van der Waals surface area contributed by atoms with E-state index in [-0.39, 0.29) is 37.9 Å². The number of phosphoric ester groups is 1. The number of carbonyl (C=O) groups is 2. The summed E-state index contributed by atoms with van der Waals surface area (Å²) in [6, 6.07) is -0.881. The van der Waals surface area contributed by atoms with Gasteiger partial charge in [-0.05, 0) is 76.7 Å². The molecule has 3 atom stereocenters. The van der Waals surface area contributed by atoms with Crippen molar-refractivity contribution in [3.8, 4) is 0 Å². The van der Waals surface area contributed by atoms with E-state index in [1.165, 1.54) is 135 Å². The number of allylic oxidation sites excluding steroid dienone is 7. The first-order chi connectivity index (χ1) is 31.4. The Morgan fingerprint density at radius 2 is 0.954 bits per heavy atom. The lowest BCUT2D eigenvalue weighted by molar-refractivity contribution is -0.870. The van der Waals surface area contributed by atoms with Crippen molar-refractivity contribution >= 4 is 19.7 Å². The fourth-order valence-corrected chi connectivity index (χ4v) is 8.25. The van der Waals surface area contributed by atoms with Gasteiger partial charge >= 0.3 is 13.8 Å². The van der Waals surface area contributed by atoms with E-state index >= 15 is 0 Å². The Balaban J connectivity index is 5.51. The number of hydrogen-bond donors (Lipinski definition) is 2. The third kappa shape index (κ3) is 46.9. The molecule has 0 aliphatic heterocycles. The molecule has 0 spiro atoms. The van der Waals surface area contributed by atoms with Crippen molar-refractivity contribution in [1.82, 2.24) is 5.32 Å². The van der Waals surface area contributed by atoms with Crippen LogP contribution in [0.2, 0.25) is 0 Å². The fourth-order valence-electron chi connectivity index (χ4n) is 7.51. The predicted molar refractivity (Wildman–Crippen MR) is 277 cm³/mol. The van der Waals surface area contributed by atoms with E-state index < -0.39 is 20.0 Å². The van der Waals surface area contributed by atoms with E-state index in [0.29, 0.717) is 23.9 Å². The summed E-state index contributed by atoms with van der Waals surface area (Å²) in [7, 11) is 1.46. The van der Waals surface area contributed by atoms with Gasteiger partial charge in [-0.1, -0.05) is 198 Å². The molecule has 65 heavy (non-hydrogen) atoms. The first-order valence-corrected chi connectivity index (χ1v) is 28.5. The molecule has 380 valence electrons. The number of rotatable bonds is 48. The van der Waals surface area contributed by atoms with Gasteiger partial charge in [0.1, 0.15) is 19.3 Å². The Bertz CT molecular complexity index is 1260. The number of nitrogens with zero attached hydrogens (tertiary/aromatic N) is 1. The Hall–Kier alpha value is -2.03. The number of amides is 1. The van der Waals surface area contributed by atoms with Crippen molar-refractivity contribution in [2.75, 3.05) is 40.9 Å². The van der Waals surface area contributed by atoms with Crippen LogP contribution in [0.15, 0.2) is 48.6 Å². The Kier molecular flexibility index (Phi) is 44.3. The molecule has 0 aliphatic rings. The lowest BCUT2D eigenvalue weighted by Gasteiger charge is -2.27. The van der Waals surface area contributed by atoms with Gasteiger partial charge in [0.2, 0.25) is 5.91 Å². The highest BCUT2D eigenvalue weighted by atomic mass is 31.2. The minimum atomic E-state index is -4.45. The monoisotopic (exact) mass is 936 g/mol. The molecule has 0 heterocycles. The average molecular weight is 936 g/mol. The van der Waals surface area contributed by atoms with Crippen molar-refractivity contribution in [3.05, 3.63) is 48.6 Å². The zero-order valence-electron chi connectivity index (χ0n) is 43.2. The fraction of sp³-hybridized carbons (Fsp3) is 0.818. The van der Waals surface area contributed by atoms with Crippen LogP contribution in [0.3, 0.4) is 0 Å². The van der Waals surface area contributed by atoms with Gasteiger partial charge in [-0.25, -0.2) is 4.57 Å². The molecule has 0 aromatic rings. The molecule has 0 radical (unpaired) electrons. The van der Waals surface area contributed by atoms with Crippen LogP contribution in [0.4, 0.5) is 0 Å². The predicted octanol–water partition coefficient (Wildman–Crippen LogP) is 15.8. The van der Waals surface area contributed by atoms with Gasteiger partial charge in [0, 0.05) is 12.8 Å². The van der Waals surface area contributed by atoms with Crippen molar-refractivity contribution in [2.24, 2.45) is 0 Å². The van der Waals surface area contributed by atoms with Gasteiger partial charge in [0.25, 0.3) is 0 Å². The molecule has 0 rings (SSSR count). The number of likely N-dealkylation sites (N-methyl/N-ethyl adjacent to an activating group) is 1. The molecular weight excluding hydrogens is 832 g/mol. The Morgan fingerprint density at radius 3 is 1.43 bits per heavy atom. The Morgan fingerprint density at radius 1 is 0.538 bits per heavy atom. The van der Waals surface area contributed by atoms with Crippen molar-refractivity contribution < 1.29 is 37.3 Å². The van der Waals surface area contributed by atoms with Crippen LogP contribution < -0.4 is 5.32 Å². The van der Waals surface area contributed by atoms with Crippen LogP contribution in [0.5, 0.6) is 0 Å². The summed E-state index contributed by atoms with van der Waals surface area (Å²) >= 11 is 0. The van der Waals surface area contributed by atoms with Gasteiger partial charge in [0.05, 0.1) is 33.8 Å². The van der Waals surface area contributed by atoms with Gasteiger partial charge < -0.3 is 19.4 Å². The Labute approximate surface area is 401 Å². The summed E-state index contributed by atoms with van der Waals surface area (Å²) in [6.45, 7) is 6.93. The highest BCUT2D eigenvalue weighted by Crippen LogP contribution is 2.43. The second kappa shape index (κ2) is 45.7. The first-order valence-electron chi connectivity index (χ1n) is 27.0. The highest BCUT2D eigenvalue weighted by molar-refractivity contribution is 7.47. The number of carbonyl (C=O) groups excluding carboxylic acids is 2. The molecule has 0 saturated carbocycles. The van der Waals surface area contributed by atoms with Crippen molar-refractivity contribution in [2.45, 2.75) is 251 Å². The maximum absolute atomic E-state index is 13.4. The zero-order chi connectivity index (χ0) is 48.0. The molecule has 0 aromatic heterocycles. The van der Waals surface area contributed by atoms with Crippen molar-refractivity contribution in [3.63, 3.8) is 0 Å². The van der Waals surface area contributed by atoms with Gasteiger partial charge in [-0.2, -0.15) is 0 Å². The highest BCUT2D eigenvalue weighted by Gasteiger charge is 2.30. The van der Waals surface area contributed by atoms with E-state index in [1.807, 2.05) is 39.4 Å². The quantitative estimate of drug-likeness (QED) is 0.0205. The number of esters is 1. The minimum Gasteiger partial charge on any atom is -0.456 e. The molecular formula is C55H104N2O7P+. The number of phosphoric acid groups is 1. The third-order valence-electron chi connectivity index (χ3n) is 11.8. The molecule has 0 fully saturated rings. The number of ether oxygens (including phenoxy) is 1. The van der Waals surface area contributed by atoms with Crippen LogP contribution in [-0.2, 0) is 27.9 Å². The van der Waals surface area contributed by atoms with E-state index in [1.54, 1.807) is 0 Å².